The average Bonchev–Trinajstić information content (AvgIpc) is 2.21. The van der Waals surface area contributed by atoms with Gasteiger partial charge >= 0.3 is 0 Å². The Morgan fingerprint density at radius 3 is 1.64 bits per heavy atom. The number of aryl methyl sites for hydroxylation is 1. The highest BCUT2D eigenvalue weighted by atomic mass is 31.0. The number of hydrogen-bond acceptors (Lipinski definition) is 0. The highest BCUT2D eigenvalue weighted by Crippen LogP contribution is 2.18. The molecule has 0 aliphatic heterocycles. The van der Waals surface area contributed by atoms with Crippen molar-refractivity contribution < 1.29 is 0 Å². The van der Waals surface area contributed by atoms with Gasteiger partial charge < -0.3 is 0 Å². The molecule has 0 heterocycles. The van der Waals surface area contributed by atoms with Gasteiger partial charge in [0.05, 0.1) is 0 Å². The number of rotatable bonds is 1. The summed E-state index contributed by atoms with van der Waals surface area (Å²) in [6.07, 6.45) is 0. The van der Waals surface area contributed by atoms with E-state index < -0.39 is 0 Å². The van der Waals surface area contributed by atoms with Crippen LogP contribution in [0.5, 0.6) is 0 Å². The zero-order chi connectivity index (χ0) is 9.97. The smallest absolute Gasteiger partial charge is 0.0184 e. The zero-order valence-corrected chi connectivity index (χ0v) is 9.35. The third-order valence-electron chi connectivity index (χ3n) is 2.30. The van der Waals surface area contributed by atoms with Crippen LogP contribution in [-0.2, 0) is 0 Å². The summed E-state index contributed by atoms with van der Waals surface area (Å²) in [6.45, 7) is 2.11. The van der Waals surface area contributed by atoms with Gasteiger partial charge in [0.15, 0.2) is 0 Å². The van der Waals surface area contributed by atoms with E-state index in [1.807, 2.05) is 0 Å². The second-order valence-corrected chi connectivity index (χ2v) is 4.15. The van der Waals surface area contributed by atoms with E-state index in [2.05, 4.69) is 64.7 Å². The molecule has 0 aliphatic carbocycles. The Morgan fingerprint density at radius 1 is 0.714 bits per heavy atom. The van der Waals surface area contributed by atoms with Crippen molar-refractivity contribution in [2.45, 2.75) is 6.92 Å². The van der Waals surface area contributed by atoms with Crippen molar-refractivity contribution >= 4 is 14.5 Å². The lowest BCUT2D eigenvalue weighted by Crippen LogP contribution is -1.87. The molecular formula is C13H13P. The van der Waals surface area contributed by atoms with Crippen molar-refractivity contribution in [2.75, 3.05) is 0 Å². The molecular weight excluding hydrogens is 187 g/mol. The number of hydrogen-bond donors (Lipinski definition) is 0. The summed E-state index contributed by atoms with van der Waals surface area (Å²) in [7, 11) is 2.70. The number of benzene rings is 2. The molecule has 1 heteroatoms. The molecule has 0 radical (unpaired) electrons. The maximum absolute atomic E-state index is 2.70. The topological polar surface area (TPSA) is 0 Å². The summed E-state index contributed by atoms with van der Waals surface area (Å²) in [4.78, 5) is 0. The molecule has 0 aromatic heterocycles. The van der Waals surface area contributed by atoms with Crippen LogP contribution in [0.15, 0.2) is 48.5 Å². The Morgan fingerprint density at radius 2 is 1.14 bits per heavy atom. The predicted molar refractivity (Wildman–Crippen MR) is 66.0 cm³/mol. The molecule has 0 N–H and O–H groups in total. The van der Waals surface area contributed by atoms with Crippen molar-refractivity contribution in [3.05, 3.63) is 54.1 Å². The van der Waals surface area contributed by atoms with Crippen LogP contribution in [0, 0.1) is 6.92 Å². The maximum atomic E-state index is 2.70. The lowest BCUT2D eigenvalue weighted by molar-refractivity contribution is 1.47. The fraction of sp³-hybridized carbons (Fsp3) is 0.0769. The van der Waals surface area contributed by atoms with Crippen molar-refractivity contribution in [3.8, 4) is 11.1 Å². The minimum atomic E-state index is 1.22. The summed E-state index contributed by atoms with van der Waals surface area (Å²) in [5.41, 5.74) is 3.85. The molecule has 1 unspecified atom stereocenters. The van der Waals surface area contributed by atoms with Crippen LogP contribution in [0.3, 0.4) is 0 Å². The van der Waals surface area contributed by atoms with Gasteiger partial charge in [-0.3, -0.25) is 0 Å². The minimum Gasteiger partial charge on any atom is -0.106 e. The van der Waals surface area contributed by atoms with Crippen LogP contribution < -0.4 is 5.30 Å². The largest absolute Gasteiger partial charge is 0.106 e. The molecule has 2 rings (SSSR count). The standard InChI is InChI=1S/C13H13P/c1-10-2-4-11(5-3-10)12-6-8-13(14)9-7-12/h2-9H,14H2,1H3. The zero-order valence-electron chi connectivity index (χ0n) is 8.20. The first kappa shape index (κ1) is 9.43. The van der Waals surface area contributed by atoms with Crippen molar-refractivity contribution in [2.24, 2.45) is 0 Å². The van der Waals surface area contributed by atoms with Crippen molar-refractivity contribution in [1.29, 1.82) is 0 Å². The Labute approximate surface area is 87.2 Å². The molecule has 0 fully saturated rings. The van der Waals surface area contributed by atoms with Crippen LogP contribution in [-0.4, -0.2) is 0 Å². The molecule has 0 spiro atoms. The van der Waals surface area contributed by atoms with Crippen molar-refractivity contribution in [3.63, 3.8) is 0 Å². The normalized spacial score (nSPS) is 10.1. The predicted octanol–water partition coefficient (Wildman–Crippen LogP) is 3.16. The lowest BCUT2D eigenvalue weighted by Gasteiger charge is -2.02. The highest BCUT2D eigenvalue weighted by molar-refractivity contribution is 7.27. The summed E-state index contributed by atoms with van der Waals surface area (Å²) in [5.74, 6) is 0. The van der Waals surface area contributed by atoms with Gasteiger partial charge in [-0.25, -0.2) is 0 Å². The summed E-state index contributed by atoms with van der Waals surface area (Å²) in [6, 6.07) is 17.1. The first-order valence-corrected chi connectivity index (χ1v) is 5.26. The fourth-order valence-corrected chi connectivity index (χ4v) is 1.61. The summed E-state index contributed by atoms with van der Waals surface area (Å²) < 4.78 is 0. The van der Waals surface area contributed by atoms with E-state index in [1.165, 1.54) is 22.0 Å². The first-order valence-electron chi connectivity index (χ1n) is 4.68. The van der Waals surface area contributed by atoms with Gasteiger partial charge in [-0.05, 0) is 23.4 Å². The third-order valence-corrected chi connectivity index (χ3v) is 2.68. The molecule has 0 bridgehead atoms. The van der Waals surface area contributed by atoms with Crippen LogP contribution in [0.4, 0.5) is 0 Å². The van der Waals surface area contributed by atoms with E-state index in [4.69, 9.17) is 0 Å². The van der Waals surface area contributed by atoms with Gasteiger partial charge in [0.25, 0.3) is 0 Å². The maximum Gasteiger partial charge on any atom is -0.0184 e. The Hall–Kier alpha value is -1.13. The molecule has 70 valence electrons. The molecule has 2 aromatic carbocycles. The van der Waals surface area contributed by atoms with Gasteiger partial charge in [-0.1, -0.05) is 54.1 Å². The van der Waals surface area contributed by atoms with Crippen LogP contribution in [0.2, 0.25) is 0 Å². The molecule has 0 saturated carbocycles. The van der Waals surface area contributed by atoms with Gasteiger partial charge in [0, 0.05) is 0 Å². The van der Waals surface area contributed by atoms with E-state index >= 15 is 0 Å². The quantitative estimate of drug-likeness (QED) is 0.620. The Balaban J connectivity index is 2.40. The van der Waals surface area contributed by atoms with E-state index in [0.29, 0.717) is 0 Å². The van der Waals surface area contributed by atoms with Gasteiger partial charge in [0.2, 0.25) is 0 Å². The second-order valence-electron chi connectivity index (χ2n) is 3.49. The molecule has 0 aliphatic rings. The highest BCUT2D eigenvalue weighted by Gasteiger charge is 1.95. The minimum absolute atomic E-state index is 1.22. The van der Waals surface area contributed by atoms with E-state index in [0.717, 1.165) is 0 Å². The molecule has 0 nitrogen and oxygen atoms in total. The van der Waals surface area contributed by atoms with Gasteiger partial charge in [-0.15, -0.1) is 9.24 Å². The monoisotopic (exact) mass is 200 g/mol. The average molecular weight is 200 g/mol. The molecule has 0 amide bonds. The fourth-order valence-electron chi connectivity index (χ4n) is 1.42. The van der Waals surface area contributed by atoms with Crippen molar-refractivity contribution in [1.82, 2.24) is 0 Å². The Bertz CT molecular complexity index is 368. The Kier molecular flexibility index (Phi) is 2.65. The van der Waals surface area contributed by atoms with E-state index in [1.54, 1.807) is 0 Å². The lowest BCUT2D eigenvalue weighted by atomic mass is 10.0. The van der Waals surface area contributed by atoms with Crippen LogP contribution in [0.1, 0.15) is 5.56 Å². The summed E-state index contributed by atoms with van der Waals surface area (Å²) >= 11 is 0. The molecule has 0 saturated heterocycles. The summed E-state index contributed by atoms with van der Waals surface area (Å²) in [5, 5.41) is 1.22. The van der Waals surface area contributed by atoms with E-state index in [-0.39, 0.29) is 0 Å². The van der Waals surface area contributed by atoms with Crippen LogP contribution in [0.25, 0.3) is 11.1 Å². The van der Waals surface area contributed by atoms with Gasteiger partial charge in [-0.2, -0.15) is 0 Å². The SMILES string of the molecule is Cc1ccc(-c2ccc(P)cc2)cc1. The van der Waals surface area contributed by atoms with Gasteiger partial charge in [0.1, 0.15) is 0 Å². The van der Waals surface area contributed by atoms with Crippen LogP contribution >= 0.6 is 9.24 Å². The molecule has 14 heavy (non-hydrogen) atoms. The molecule has 1 atom stereocenters. The van der Waals surface area contributed by atoms with E-state index in [9.17, 15) is 0 Å². The molecule has 2 aromatic rings. The first-order chi connectivity index (χ1) is 6.75. The second kappa shape index (κ2) is 3.94. The third kappa shape index (κ3) is 2.02.